The average molecular weight is 281 g/mol. The highest BCUT2D eigenvalue weighted by Gasteiger charge is 2.31. The van der Waals surface area contributed by atoms with Crippen molar-refractivity contribution in [3.63, 3.8) is 0 Å². The average Bonchev–Trinajstić information content (AvgIpc) is 2.94. The molecule has 5 N–H and O–H groups in total. The van der Waals surface area contributed by atoms with E-state index in [1.165, 1.54) is 0 Å². The lowest BCUT2D eigenvalue weighted by Gasteiger charge is -2.22. The van der Waals surface area contributed by atoms with Crippen molar-refractivity contribution in [1.29, 1.82) is 0 Å². The Kier molecular flexibility index (Phi) is 4.51. The zero-order chi connectivity index (χ0) is 14.5. The highest BCUT2D eigenvalue weighted by molar-refractivity contribution is 5.83. The van der Waals surface area contributed by atoms with Crippen LogP contribution in [0.1, 0.15) is 26.2 Å². The molecule has 20 heavy (non-hydrogen) atoms. The summed E-state index contributed by atoms with van der Waals surface area (Å²) in [5.41, 5.74) is 7.76. The molecule has 2 rings (SSSR count). The summed E-state index contributed by atoms with van der Waals surface area (Å²) in [6, 6.07) is -0.220. The summed E-state index contributed by atoms with van der Waals surface area (Å²) in [7, 11) is 0. The number of hydrogen-bond acceptors (Lipinski definition) is 8. The van der Waals surface area contributed by atoms with Gasteiger partial charge in [-0.1, -0.05) is 6.92 Å². The standard InChI is InChI=1S/C11H19N7O2/c1-2-6-20-11-15-9(17-13)14-10(16-11)18-5-3-4-7(18)8(12)19/h7H,2-6,13H2,1H3,(H2,12,19)(H,14,15,16,17). The first-order chi connectivity index (χ1) is 9.65. The quantitative estimate of drug-likeness (QED) is 0.465. The van der Waals surface area contributed by atoms with Crippen LogP contribution >= 0.6 is 0 Å². The van der Waals surface area contributed by atoms with Crippen LogP contribution in [0.4, 0.5) is 11.9 Å². The molecule has 110 valence electrons. The number of nitrogens with two attached hydrogens (primary N) is 2. The summed E-state index contributed by atoms with van der Waals surface area (Å²) < 4.78 is 5.39. The van der Waals surface area contributed by atoms with E-state index >= 15 is 0 Å². The lowest BCUT2D eigenvalue weighted by Crippen LogP contribution is -2.41. The molecule has 1 aliphatic rings. The van der Waals surface area contributed by atoms with Gasteiger partial charge in [0.05, 0.1) is 6.61 Å². The van der Waals surface area contributed by atoms with E-state index in [1.807, 2.05) is 6.92 Å². The molecule has 1 aliphatic heterocycles. The number of anilines is 2. The molecule has 1 saturated heterocycles. The molecule has 1 atom stereocenters. The van der Waals surface area contributed by atoms with E-state index in [1.54, 1.807) is 4.90 Å². The first kappa shape index (κ1) is 14.3. The maximum Gasteiger partial charge on any atom is 0.323 e. The molecule has 0 saturated carbocycles. The van der Waals surface area contributed by atoms with Gasteiger partial charge in [-0.15, -0.1) is 0 Å². The van der Waals surface area contributed by atoms with Crippen LogP contribution in [0.5, 0.6) is 6.01 Å². The zero-order valence-corrected chi connectivity index (χ0v) is 11.4. The summed E-state index contributed by atoms with van der Waals surface area (Å²) in [5, 5.41) is 0. The van der Waals surface area contributed by atoms with Gasteiger partial charge in [-0.3, -0.25) is 10.2 Å². The van der Waals surface area contributed by atoms with Crippen molar-refractivity contribution in [2.45, 2.75) is 32.2 Å². The Balaban J connectivity index is 2.27. The number of amides is 1. The number of nitrogens with zero attached hydrogens (tertiary/aromatic N) is 4. The van der Waals surface area contributed by atoms with Crippen LogP contribution in [-0.4, -0.2) is 40.1 Å². The Labute approximate surface area is 116 Å². The van der Waals surface area contributed by atoms with Gasteiger partial charge in [-0.2, -0.15) is 15.0 Å². The van der Waals surface area contributed by atoms with Gasteiger partial charge in [0.2, 0.25) is 17.8 Å². The van der Waals surface area contributed by atoms with E-state index in [9.17, 15) is 4.79 Å². The number of ether oxygens (including phenoxy) is 1. The van der Waals surface area contributed by atoms with Crippen molar-refractivity contribution in [2.75, 3.05) is 23.5 Å². The minimum Gasteiger partial charge on any atom is -0.463 e. The second-order valence-electron chi connectivity index (χ2n) is 4.49. The monoisotopic (exact) mass is 281 g/mol. The summed E-state index contributed by atoms with van der Waals surface area (Å²) >= 11 is 0. The maximum atomic E-state index is 11.4. The predicted molar refractivity (Wildman–Crippen MR) is 73.0 cm³/mol. The molecule has 2 heterocycles. The summed E-state index contributed by atoms with van der Waals surface area (Å²) in [5.74, 6) is 5.49. The zero-order valence-electron chi connectivity index (χ0n) is 11.4. The van der Waals surface area contributed by atoms with Crippen LogP contribution in [0, 0.1) is 0 Å². The second-order valence-corrected chi connectivity index (χ2v) is 4.49. The molecule has 1 aromatic heterocycles. The van der Waals surface area contributed by atoms with Crippen molar-refractivity contribution >= 4 is 17.8 Å². The normalized spacial score (nSPS) is 18.1. The van der Waals surface area contributed by atoms with E-state index in [4.69, 9.17) is 16.3 Å². The number of primary amides is 1. The molecule has 0 radical (unpaired) electrons. The van der Waals surface area contributed by atoms with Gasteiger partial charge in [-0.05, 0) is 19.3 Å². The molecule has 0 spiro atoms. The molecule has 1 unspecified atom stereocenters. The van der Waals surface area contributed by atoms with Crippen molar-refractivity contribution in [3.05, 3.63) is 0 Å². The second kappa shape index (κ2) is 6.33. The van der Waals surface area contributed by atoms with Gasteiger partial charge in [0.15, 0.2) is 0 Å². The maximum absolute atomic E-state index is 11.4. The van der Waals surface area contributed by atoms with Gasteiger partial charge in [0.25, 0.3) is 0 Å². The van der Waals surface area contributed by atoms with E-state index in [0.29, 0.717) is 25.5 Å². The van der Waals surface area contributed by atoms with E-state index in [-0.39, 0.29) is 17.9 Å². The molecule has 0 bridgehead atoms. The van der Waals surface area contributed by atoms with Gasteiger partial charge >= 0.3 is 6.01 Å². The first-order valence-electron chi connectivity index (χ1n) is 6.57. The molecule has 9 heteroatoms. The number of rotatable bonds is 6. The van der Waals surface area contributed by atoms with Crippen LogP contribution in [0.3, 0.4) is 0 Å². The molecular weight excluding hydrogens is 262 g/mol. The third kappa shape index (κ3) is 3.05. The molecular formula is C11H19N7O2. The fraction of sp³-hybridized carbons (Fsp3) is 0.636. The molecule has 0 aliphatic carbocycles. The smallest absolute Gasteiger partial charge is 0.323 e. The molecule has 1 amide bonds. The Morgan fingerprint density at radius 1 is 1.50 bits per heavy atom. The molecule has 0 aromatic carbocycles. The summed E-state index contributed by atoms with van der Waals surface area (Å²) in [6.45, 7) is 3.13. The predicted octanol–water partition coefficient (Wildman–Crippen LogP) is -0.600. The Morgan fingerprint density at radius 3 is 2.95 bits per heavy atom. The minimum atomic E-state index is -0.401. The molecule has 9 nitrogen and oxygen atoms in total. The van der Waals surface area contributed by atoms with Gasteiger partial charge in [0.1, 0.15) is 6.04 Å². The van der Waals surface area contributed by atoms with Crippen molar-refractivity contribution in [3.8, 4) is 6.01 Å². The number of carbonyl (C=O) groups is 1. The number of carbonyl (C=O) groups excluding carboxylic acids is 1. The largest absolute Gasteiger partial charge is 0.463 e. The SMILES string of the molecule is CCCOc1nc(NN)nc(N2CCCC2C(N)=O)n1. The molecule has 1 fully saturated rings. The van der Waals surface area contributed by atoms with Crippen molar-refractivity contribution in [2.24, 2.45) is 11.6 Å². The number of nitrogens with one attached hydrogen (secondary N) is 1. The van der Waals surface area contributed by atoms with Crippen LogP contribution in [-0.2, 0) is 4.79 Å². The number of nitrogen functional groups attached to an aromatic ring is 1. The van der Waals surface area contributed by atoms with E-state index < -0.39 is 6.04 Å². The van der Waals surface area contributed by atoms with Gasteiger partial charge < -0.3 is 15.4 Å². The van der Waals surface area contributed by atoms with Crippen molar-refractivity contribution < 1.29 is 9.53 Å². The third-order valence-corrected chi connectivity index (χ3v) is 3.01. The highest BCUT2D eigenvalue weighted by Crippen LogP contribution is 2.24. The summed E-state index contributed by atoms with van der Waals surface area (Å²) in [4.78, 5) is 25.6. The van der Waals surface area contributed by atoms with Crippen LogP contribution in [0.15, 0.2) is 0 Å². The van der Waals surface area contributed by atoms with Crippen molar-refractivity contribution in [1.82, 2.24) is 15.0 Å². The van der Waals surface area contributed by atoms with E-state index in [2.05, 4.69) is 20.4 Å². The number of aromatic nitrogens is 3. The Bertz CT molecular complexity index is 482. The highest BCUT2D eigenvalue weighted by atomic mass is 16.5. The Morgan fingerprint density at radius 2 is 2.30 bits per heavy atom. The van der Waals surface area contributed by atoms with Gasteiger partial charge in [-0.25, -0.2) is 5.84 Å². The van der Waals surface area contributed by atoms with Crippen LogP contribution in [0.2, 0.25) is 0 Å². The minimum absolute atomic E-state index is 0.180. The lowest BCUT2D eigenvalue weighted by molar-refractivity contribution is -0.119. The molecule has 1 aromatic rings. The summed E-state index contributed by atoms with van der Waals surface area (Å²) in [6.07, 6.45) is 2.38. The lowest BCUT2D eigenvalue weighted by atomic mass is 10.2. The number of hydrogen-bond donors (Lipinski definition) is 3. The van der Waals surface area contributed by atoms with Crippen LogP contribution in [0.25, 0.3) is 0 Å². The third-order valence-electron chi connectivity index (χ3n) is 3.01. The first-order valence-corrected chi connectivity index (χ1v) is 6.57. The topological polar surface area (TPSA) is 132 Å². The fourth-order valence-corrected chi connectivity index (χ4v) is 2.10. The van der Waals surface area contributed by atoms with Crippen LogP contribution < -0.4 is 26.6 Å². The number of hydrazine groups is 1. The van der Waals surface area contributed by atoms with E-state index in [0.717, 1.165) is 12.8 Å². The van der Waals surface area contributed by atoms with Gasteiger partial charge in [0, 0.05) is 6.54 Å². The fourth-order valence-electron chi connectivity index (χ4n) is 2.10. The Hall–Kier alpha value is -2.16.